The van der Waals surface area contributed by atoms with Crippen LogP contribution in [-0.2, 0) is 11.2 Å². The molecule has 1 aliphatic carbocycles. The number of aliphatic hydroxyl groups is 2. The third kappa shape index (κ3) is 3.69. The highest BCUT2D eigenvalue weighted by Crippen LogP contribution is 2.66. The van der Waals surface area contributed by atoms with E-state index in [9.17, 15) is 5.11 Å². The number of hydrogen-bond donors (Lipinski definition) is 2. The number of aliphatic hydroxyl groups excluding tert-OH is 1. The fraction of sp³-hybridized carbons (Fsp3) is 0.346. The number of rotatable bonds is 2. The highest BCUT2D eigenvalue weighted by Gasteiger charge is 2.69. The molecule has 3 unspecified atom stereocenters. The van der Waals surface area contributed by atoms with Crippen LogP contribution < -0.4 is 4.74 Å². The van der Waals surface area contributed by atoms with Crippen LogP contribution in [0.25, 0.3) is 0 Å². The highest BCUT2D eigenvalue weighted by molar-refractivity contribution is 9.10. The third-order valence-electron chi connectivity index (χ3n) is 6.03. The SMILES string of the molecule is CC.CO.Cc1cnc2c(c1)OC1(c3ccc(Br)cc3)C(c3ccccc3)CCC21O. The summed E-state index contributed by atoms with van der Waals surface area (Å²) in [4.78, 5) is 4.61. The number of fused-ring (bicyclic) bond motifs is 3. The van der Waals surface area contributed by atoms with Crippen LogP contribution in [0.3, 0.4) is 0 Å². The monoisotopic (exact) mass is 483 g/mol. The van der Waals surface area contributed by atoms with Gasteiger partial charge in [-0.05, 0) is 54.7 Å². The van der Waals surface area contributed by atoms with E-state index in [1.54, 1.807) is 0 Å². The van der Waals surface area contributed by atoms with E-state index in [0.717, 1.165) is 29.1 Å². The molecule has 3 aromatic rings. The lowest BCUT2D eigenvalue weighted by Gasteiger charge is -2.39. The van der Waals surface area contributed by atoms with Crippen molar-refractivity contribution in [1.82, 2.24) is 4.98 Å². The maximum Gasteiger partial charge on any atom is 0.175 e. The van der Waals surface area contributed by atoms with Crippen molar-refractivity contribution in [3.63, 3.8) is 0 Å². The van der Waals surface area contributed by atoms with Crippen LogP contribution in [-0.4, -0.2) is 22.3 Å². The summed E-state index contributed by atoms with van der Waals surface area (Å²) in [5, 5.41) is 19.0. The Kier molecular flexibility index (Phi) is 7.20. The summed E-state index contributed by atoms with van der Waals surface area (Å²) in [7, 11) is 1.00. The number of aromatic nitrogens is 1. The van der Waals surface area contributed by atoms with Crippen molar-refractivity contribution in [2.24, 2.45) is 0 Å². The van der Waals surface area contributed by atoms with Crippen LogP contribution >= 0.6 is 15.9 Å². The van der Waals surface area contributed by atoms with E-state index < -0.39 is 11.2 Å². The predicted octanol–water partition coefficient (Wildman–Crippen LogP) is 5.84. The third-order valence-corrected chi connectivity index (χ3v) is 6.56. The summed E-state index contributed by atoms with van der Waals surface area (Å²) >= 11 is 3.52. The van der Waals surface area contributed by atoms with Gasteiger partial charge >= 0.3 is 0 Å². The first-order valence-corrected chi connectivity index (χ1v) is 11.5. The number of hydrogen-bond acceptors (Lipinski definition) is 4. The number of ether oxygens (including phenoxy) is 1. The number of halogens is 1. The molecule has 2 aliphatic rings. The fourth-order valence-electron chi connectivity index (χ4n) is 4.87. The molecule has 3 atom stereocenters. The number of nitrogens with zero attached hydrogens (tertiary/aromatic N) is 1. The largest absolute Gasteiger partial charge is 0.476 e. The van der Waals surface area contributed by atoms with Crippen molar-refractivity contribution in [3.8, 4) is 5.75 Å². The Morgan fingerprint density at radius 1 is 1.03 bits per heavy atom. The van der Waals surface area contributed by atoms with Crippen molar-refractivity contribution in [3.05, 3.63) is 93.7 Å². The summed E-state index contributed by atoms with van der Waals surface area (Å²) in [6, 6.07) is 20.5. The van der Waals surface area contributed by atoms with Crippen molar-refractivity contribution >= 4 is 15.9 Å². The molecule has 2 N–H and O–H groups in total. The second-order valence-corrected chi connectivity index (χ2v) is 8.48. The minimum Gasteiger partial charge on any atom is -0.476 e. The van der Waals surface area contributed by atoms with E-state index in [1.807, 2.05) is 63.4 Å². The number of pyridine rings is 1. The van der Waals surface area contributed by atoms with Crippen LogP contribution in [0.1, 0.15) is 55.0 Å². The maximum atomic E-state index is 12.0. The molecule has 5 heteroatoms. The molecule has 4 nitrogen and oxygen atoms in total. The zero-order valence-corrected chi connectivity index (χ0v) is 20.1. The van der Waals surface area contributed by atoms with Gasteiger partial charge in [0.2, 0.25) is 0 Å². The molecular formula is C26H30BrNO3. The summed E-state index contributed by atoms with van der Waals surface area (Å²) in [6.07, 6.45) is 3.27. The average Bonchev–Trinajstić information content (AvgIpc) is 3.24. The van der Waals surface area contributed by atoms with Gasteiger partial charge in [-0.15, -0.1) is 0 Å². The maximum absolute atomic E-state index is 12.0. The van der Waals surface area contributed by atoms with Gasteiger partial charge in [-0.1, -0.05) is 72.2 Å². The lowest BCUT2D eigenvalue weighted by Crippen LogP contribution is -2.48. The molecule has 0 bridgehead atoms. The van der Waals surface area contributed by atoms with Gasteiger partial charge in [-0.25, -0.2) is 0 Å². The first-order chi connectivity index (χ1) is 15.0. The molecule has 0 radical (unpaired) electrons. The van der Waals surface area contributed by atoms with Gasteiger partial charge in [0, 0.05) is 23.7 Å². The van der Waals surface area contributed by atoms with E-state index in [4.69, 9.17) is 9.84 Å². The molecule has 1 fully saturated rings. The molecule has 164 valence electrons. The minimum atomic E-state index is -1.15. The zero-order chi connectivity index (χ0) is 22.6. The van der Waals surface area contributed by atoms with Gasteiger partial charge < -0.3 is 14.9 Å². The predicted molar refractivity (Wildman–Crippen MR) is 127 cm³/mol. The summed E-state index contributed by atoms with van der Waals surface area (Å²) in [5.41, 5.74) is 1.83. The van der Waals surface area contributed by atoms with Gasteiger partial charge in [-0.2, -0.15) is 0 Å². The first kappa shape index (κ1) is 23.5. The molecule has 2 heterocycles. The van der Waals surface area contributed by atoms with Crippen LogP contribution in [0.5, 0.6) is 5.75 Å². The normalized spacial score (nSPS) is 25.2. The van der Waals surface area contributed by atoms with Crippen molar-refractivity contribution in [2.45, 2.75) is 50.7 Å². The van der Waals surface area contributed by atoms with E-state index in [0.29, 0.717) is 17.9 Å². The highest BCUT2D eigenvalue weighted by atomic mass is 79.9. The van der Waals surface area contributed by atoms with E-state index in [-0.39, 0.29) is 5.92 Å². The molecule has 0 saturated heterocycles. The van der Waals surface area contributed by atoms with Gasteiger partial charge in [0.1, 0.15) is 11.4 Å². The van der Waals surface area contributed by atoms with Crippen molar-refractivity contribution < 1.29 is 14.9 Å². The van der Waals surface area contributed by atoms with Gasteiger partial charge in [0.15, 0.2) is 11.2 Å². The summed E-state index contributed by atoms with van der Waals surface area (Å²) in [6.45, 7) is 6.00. The molecule has 0 amide bonds. The first-order valence-electron chi connectivity index (χ1n) is 10.7. The number of aryl methyl sites for hydroxylation is 1. The molecule has 0 spiro atoms. The Morgan fingerprint density at radius 2 is 1.68 bits per heavy atom. The molecule has 31 heavy (non-hydrogen) atoms. The summed E-state index contributed by atoms with van der Waals surface area (Å²) < 4.78 is 7.67. The molecule has 1 aliphatic heterocycles. The average molecular weight is 484 g/mol. The number of benzene rings is 2. The smallest absolute Gasteiger partial charge is 0.175 e. The Bertz CT molecular complexity index is 1010. The van der Waals surface area contributed by atoms with Gasteiger partial charge in [-0.3, -0.25) is 4.98 Å². The quantitative estimate of drug-likeness (QED) is 0.480. The fourth-order valence-corrected chi connectivity index (χ4v) is 5.13. The Balaban J connectivity index is 0.000000645. The minimum absolute atomic E-state index is 0.0411. The Morgan fingerprint density at radius 3 is 2.32 bits per heavy atom. The van der Waals surface area contributed by atoms with Crippen molar-refractivity contribution in [1.29, 1.82) is 0 Å². The standard InChI is InChI=1S/C23H20BrNO2.C2H6.CH4O/c1-15-13-20-21(25-14-15)22(26)12-11-19(16-5-3-2-4-6-16)23(22,27-20)17-7-9-18(24)10-8-17;2*1-2/h2-10,13-14,19,26H,11-12H2,1H3;1-2H3;2H,1H3. The lowest BCUT2D eigenvalue weighted by atomic mass is 9.73. The molecule has 5 rings (SSSR count). The van der Waals surface area contributed by atoms with Crippen LogP contribution in [0, 0.1) is 6.92 Å². The van der Waals surface area contributed by atoms with E-state index in [2.05, 4.69) is 45.2 Å². The van der Waals surface area contributed by atoms with Crippen LogP contribution in [0.4, 0.5) is 0 Å². The van der Waals surface area contributed by atoms with Crippen LogP contribution in [0.2, 0.25) is 0 Å². The second kappa shape index (κ2) is 9.51. The van der Waals surface area contributed by atoms with E-state index >= 15 is 0 Å². The van der Waals surface area contributed by atoms with Gasteiger partial charge in [0.05, 0.1) is 0 Å². The topological polar surface area (TPSA) is 62.6 Å². The Hall–Kier alpha value is -2.21. The molecular weight excluding hydrogens is 454 g/mol. The van der Waals surface area contributed by atoms with Crippen LogP contribution in [0.15, 0.2) is 71.3 Å². The zero-order valence-electron chi connectivity index (χ0n) is 18.5. The van der Waals surface area contributed by atoms with Gasteiger partial charge in [0.25, 0.3) is 0 Å². The lowest BCUT2D eigenvalue weighted by molar-refractivity contribution is -0.107. The Labute approximate surface area is 193 Å². The molecule has 1 saturated carbocycles. The molecule has 1 aromatic heterocycles. The second-order valence-electron chi connectivity index (χ2n) is 7.57. The molecule has 2 aromatic carbocycles. The van der Waals surface area contributed by atoms with E-state index in [1.165, 1.54) is 5.56 Å². The summed E-state index contributed by atoms with van der Waals surface area (Å²) in [5.74, 6) is 0.737. The van der Waals surface area contributed by atoms with Crippen molar-refractivity contribution in [2.75, 3.05) is 7.11 Å².